The Labute approximate surface area is 230 Å². The Kier molecular flexibility index (Phi) is 14.7. The molecule has 0 saturated carbocycles. The van der Waals surface area contributed by atoms with Crippen molar-refractivity contribution in [3.8, 4) is 0 Å². The number of amides is 5. The van der Waals surface area contributed by atoms with Crippen molar-refractivity contribution in [1.29, 1.82) is 0 Å². The lowest BCUT2D eigenvalue weighted by Gasteiger charge is -2.27. The van der Waals surface area contributed by atoms with Gasteiger partial charge in [0.2, 0.25) is 11.8 Å². The molecule has 3 atom stereocenters. The Morgan fingerprint density at radius 2 is 1.64 bits per heavy atom. The molecule has 0 aliphatic heterocycles. The summed E-state index contributed by atoms with van der Waals surface area (Å²) in [5.74, 6) is -0.999. The van der Waals surface area contributed by atoms with Gasteiger partial charge in [-0.1, -0.05) is 39.8 Å². The molecule has 5 amide bonds. The molecule has 9 N–H and O–H groups in total. The zero-order valence-corrected chi connectivity index (χ0v) is 23.6. The van der Waals surface area contributed by atoms with E-state index in [4.69, 9.17) is 26.7 Å². The van der Waals surface area contributed by atoms with Crippen LogP contribution in [0.1, 0.15) is 46.1 Å². The molecule has 0 radical (unpaired) electrons. The average Bonchev–Trinajstić information content (AvgIpc) is 2.86. The van der Waals surface area contributed by atoms with Crippen molar-refractivity contribution in [2.45, 2.75) is 65.3 Å². The van der Waals surface area contributed by atoms with Crippen LogP contribution in [0.3, 0.4) is 0 Å². The molecule has 0 heterocycles. The summed E-state index contributed by atoms with van der Waals surface area (Å²) in [6.45, 7) is 8.20. The Balaban J connectivity index is 2.53. The predicted molar refractivity (Wildman–Crippen MR) is 148 cm³/mol. The van der Waals surface area contributed by atoms with Crippen LogP contribution in [-0.2, 0) is 25.7 Å². The number of rotatable bonds is 17. The number of hydrogen-bond acceptors (Lipinski definition) is 8. The number of nitrogens with zero attached hydrogens (tertiary/aromatic N) is 1. The SMILES string of the molecule is CC(C)[C@H](N)C(=O)N[C@@H](CCCNC(N)=O)COCNc1ccc(COC(=O)N(C)[C@H](C(N)=O)C(C)C)cc1. The molecule has 13 heteroatoms. The van der Waals surface area contributed by atoms with E-state index >= 15 is 0 Å². The highest BCUT2D eigenvalue weighted by atomic mass is 16.6. The molecule has 0 spiro atoms. The molecule has 0 aromatic heterocycles. The maximum atomic E-state index is 12.4. The van der Waals surface area contributed by atoms with Crippen molar-refractivity contribution in [2.75, 3.05) is 32.2 Å². The standard InChI is InChI=1S/C26H45N7O6/c1-16(2)21(27)24(35)32-20(7-6-12-30-25(29)36)14-38-15-31-19-10-8-18(9-11-19)13-39-26(37)33(5)22(17(3)4)23(28)34/h8-11,16-17,20-22,31H,6-7,12-15,27H2,1-5H3,(H2,28,34)(H,32,35)(H3,29,30,36)/t20-,21-,22-/m0/s1. The molecular weight excluding hydrogens is 506 g/mol. The summed E-state index contributed by atoms with van der Waals surface area (Å²) < 4.78 is 11.0. The molecule has 1 aromatic carbocycles. The van der Waals surface area contributed by atoms with Crippen LogP contribution in [0.4, 0.5) is 15.3 Å². The van der Waals surface area contributed by atoms with Gasteiger partial charge in [0.15, 0.2) is 0 Å². The van der Waals surface area contributed by atoms with Gasteiger partial charge in [0.05, 0.1) is 18.7 Å². The highest BCUT2D eigenvalue weighted by Crippen LogP contribution is 2.13. The van der Waals surface area contributed by atoms with Crippen molar-refractivity contribution in [2.24, 2.45) is 29.0 Å². The number of carbonyl (C=O) groups excluding carboxylic acids is 4. The maximum Gasteiger partial charge on any atom is 0.410 e. The molecule has 1 aromatic rings. The summed E-state index contributed by atoms with van der Waals surface area (Å²) in [5.41, 5.74) is 18.0. The Hall–Kier alpha value is -3.58. The first-order valence-electron chi connectivity index (χ1n) is 13.0. The van der Waals surface area contributed by atoms with Crippen LogP contribution in [0.2, 0.25) is 0 Å². The number of nitrogens with two attached hydrogens (primary N) is 3. The number of likely N-dealkylation sites (N-methyl/N-ethyl adjacent to an activating group) is 1. The largest absolute Gasteiger partial charge is 0.445 e. The van der Waals surface area contributed by atoms with E-state index in [1.54, 1.807) is 26.0 Å². The highest BCUT2D eigenvalue weighted by Gasteiger charge is 2.29. The summed E-state index contributed by atoms with van der Waals surface area (Å²) in [7, 11) is 1.48. The quantitative estimate of drug-likeness (QED) is 0.122. The van der Waals surface area contributed by atoms with E-state index in [9.17, 15) is 19.2 Å². The van der Waals surface area contributed by atoms with Gasteiger partial charge in [0.25, 0.3) is 0 Å². The minimum atomic E-state index is -0.754. The topological polar surface area (TPSA) is 204 Å². The number of carbonyl (C=O) groups is 4. The first-order valence-corrected chi connectivity index (χ1v) is 13.0. The monoisotopic (exact) mass is 551 g/mol. The summed E-state index contributed by atoms with van der Waals surface area (Å²) in [6.07, 6.45) is 0.533. The van der Waals surface area contributed by atoms with Crippen LogP contribution in [-0.4, -0.2) is 73.9 Å². The molecule has 1 rings (SSSR count). The second-order valence-electron chi connectivity index (χ2n) is 10.1. The van der Waals surface area contributed by atoms with Gasteiger partial charge in [-0.3, -0.25) is 14.5 Å². The van der Waals surface area contributed by atoms with Gasteiger partial charge in [0.1, 0.15) is 19.4 Å². The lowest BCUT2D eigenvalue weighted by atomic mass is 10.0. The van der Waals surface area contributed by atoms with Gasteiger partial charge in [0, 0.05) is 19.3 Å². The molecule has 0 saturated heterocycles. The molecule has 0 unspecified atom stereocenters. The zero-order chi connectivity index (χ0) is 29.5. The first kappa shape index (κ1) is 33.4. The summed E-state index contributed by atoms with van der Waals surface area (Å²) >= 11 is 0. The number of benzene rings is 1. The Morgan fingerprint density at radius 1 is 1.00 bits per heavy atom. The number of ether oxygens (including phenoxy) is 2. The summed E-state index contributed by atoms with van der Waals surface area (Å²) in [6, 6.07) is 4.94. The van der Waals surface area contributed by atoms with E-state index in [0.29, 0.717) is 19.4 Å². The Morgan fingerprint density at radius 3 is 2.18 bits per heavy atom. The van der Waals surface area contributed by atoms with Crippen molar-refractivity contribution in [1.82, 2.24) is 15.5 Å². The van der Waals surface area contributed by atoms with E-state index in [2.05, 4.69) is 16.0 Å². The fourth-order valence-electron chi connectivity index (χ4n) is 3.74. The van der Waals surface area contributed by atoms with Gasteiger partial charge in [-0.2, -0.15) is 0 Å². The molecule has 39 heavy (non-hydrogen) atoms. The van der Waals surface area contributed by atoms with Crippen LogP contribution >= 0.6 is 0 Å². The molecule has 0 aliphatic rings. The average molecular weight is 552 g/mol. The number of urea groups is 1. The van der Waals surface area contributed by atoms with Crippen molar-refractivity contribution >= 4 is 29.6 Å². The highest BCUT2D eigenvalue weighted by molar-refractivity contribution is 5.84. The predicted octanol–water partition coefficient (Wildman–Crippen LogP) is 1.07. The van der Waals surface area contributed by atoms with E-state index in [1.807, 2.05) is 26.0 Å². The lowest BCUT2D eigenvalue weighted by Crippen LogP contribution is -2.49. The van der Waals surface area contributed by atoms with E-state index in [0.717, 1.165) is 11.3 Å². The first-order chi connectivity index (χ1) is 18.3. The third kappa shape index (κ3) is 12.7. The van der Waals surface area contributed by atoms with Crippen LogP contribution in [0.25, 0.3) is 0 Å². The smallest absolute Gasteiger partial charge is 0.410 e. The maximum absolute atomic E-state index is 12.4. The minimum Gasteiger partial charge on any atom is -0.445 e. The van der Waals surface area contributed by atoms with Crippen LogP contribution < -0.4 is 33.2 Å². The molecule has 13 nitrogen and oxygen atoms in total. The van der Waals surface area contributed by atoms with Gasteiger partial charge in [-0.05, 0) is 42.4 Å². The fourth-order valence-corrected chi connectivity index (χ4v) is 3.74. The van der Waals surface area contributed by atoms with Crippen molar-refractivity contribution < 1.29 is 28.7 Å². The van der Waals surface area contributed by atoms with Crippen molar-refractivity contribution in [3.63, 3.8) is 0 Å². The molecular formula is C26H45N7O6. The van der Waals surface area contributed by atoms with Crippen molar-refractivity contribution in [3.05, 3.63) is 29.8 Å². The summed E-state index contributed by atoms with van der Waals surface area (Å²) in [5, 5.41) is 8.56. The second kappa shape index (κ2) is 17.1. The molecule has 0 fully saturated rings. The van der Waals surface area contributed by atoms with E-state index in [1.165, 1.54) is 11.9 Å². The summed E-state index contributed by atoms with van der Waals surface area (Å²) in [4.78, 5) is 48.4. The van der Waals surface area contributed by atoms with Crippen LogP contribution in [0, 0.1) is 11.8 Å². The normalized spacial score (nSPS) is 13.3. The van der Waals surface area contributed by atoms with E-state index in [-0.39, 0.29) is 43.7 Å². The van der Waals surface area contributed by atoms with Crippen LogP contribution in [0.15, 0.2) is 24.3 Å². The van der Waals surface area contributed by atoms with Crippen LogP contribution in [0.5, 0.6) is 0 Å². The number of nitrogens with one attached hydrogen (secondary N) is 3. The van der Waals surface area contributed by atoms with Gasteiger partial charge in [-0.15, -0.1) is 0 Å². The number of anilines is 1. The molecule has 220 valence electrons. The third-order valence-corrected chi connectivity index (χ3v) is 6.04. The van der Waals surface area contributed by atoms with E-state index < -0.39 is 30.1 Å². The zero-order valence-electron chi connectivity index (χ0n) is 23.6. The molecule has 0 bridgehead atoms. The Bertz CT molecular complexity index is 926. The van der Waals surface area contributed by atoms with Gasteiger partial charge in [-0.25, -0.2) is 9.59 Å². The minimum absolute atomic E-state index is 0.00994. The fraction of sp³-hybridized carbons (Fsp3) is 0.615. The number of hydrogen-bond donors (Lipinski definition) is 6. The van der Waals surface area contributed by atoms with Gasteiger partial charge < -0.3 is 42.6 Å². The number of primary amides is 2. The second-order valence-corrected chi connectivity index (χ2v) is 10.1. The lowest BCUT2D eigenvalue weighted by molar-refractivity contribution is -0.125. The van der Waals surface area contributed by atoms with Gasteiger partial charge >= 0.3 is 12.1 Å². The third-order valence-electron chi connectivity index (χ3n) is 6.04. The molecule has 0 aliphatic carbocycles.